The molecule has 0 radical (unpaired) electrons. The number of nitrogens with zero attached hydrogens (tertiary/aromatic N) is 2. The van der Waals surface area contributed by atoms with Crippen molar-refractivity contribution in [3.8, 4) is 0 Å². The molecule has 2 N–H and O–H groups in total. The van der Waals surface area contributed by atoms with Crippen molar-refractivity contribution in [2.24, 2.45) is 0 Å². The van der Waals surface area contributed by atoms with E-state index in [1.165, 1.54) is 0 Å². The van der Waals surface area contributed by atoms with Crippen molar-refractivity contribution in [1.29, 1.82) is 0 Å². The van der Waals surface area contributed by atoms with E-state index in [1.807, 2.05) is 0 Å². The number of carbonyl (C=O) groups excluding carboxylic acids is 2. The summed E-state index contributed by atoms with van der Waals surface area (Å²) >= 11 is 3.32. The Morgan fingerprint density at radius 1 is 1.15 bits per heavy atom. The van der Waals surface area contributed by atoms with Gasteiger partial charge in [0.15, 0.2) is 0 Å². The summed E-state index contributed by atoms with van der Waals surface area (Å²) in [5.41, 5.74) is 7.46. The number of carbonyl (C=O) groups is 2. The number of hydrogen-bond donors (Lipinski definition) is 2. The second kappa shape index (κ2) is 6.53. The van der Waals surface area contributed by atoms with Crippen LogP contribution in [0.1, 0.15) is 50.9 Å². The van der Waals surface area contributed by atoms with E-state index in [-0.39, 0.29) is 0 Å². The maximum Gasteiger partial charge on any atom is 0.270 e. The molecule has 0 aliphatic heterocycles. The molecule has 1 aliphatic rings. The van der Waals surface area contributed by atoms with Crippen LogP contribution in [0.25, 0.3) is 11.1 Å². The van der Waals surface area contributed by atoms with E-state index in [1.54, 1.807) is 37.3 Å². The van der Waals surface area contributed by atoms with Crippen LogP contribution in [0.4, 0.5) is 0 Å². The lowest BCUT2D eigenvalue weighted by Crippen LogP contribution is -2.41. The van der Waals surface area contributed by atoms with Gasteiger partial charge in [-0.05, 0) is 53.9 Å². The van der Waals surface area contributed by atoms with Crippen molar-refractivity contribution in [3.05, 3.63) is 57.3 Å². The van der Waals surface area contributed by atoms with Crippen molar-refractivity contribution in [2.75, 3.05) is 0 Å². The number of hydrazine groups is 1. The molecule has 7 nitrogen and oxygen atoms in total. The number of halogens is 1. The van der Waals surface area contributed by atoms with Crippen LogP contribution in [-0.2, 0) is 0 Å². The average Bonchev–Trinajstić information content (AvgIpc) is 3.43. The third kappa shape index (κ3) is 3.08. The number of fused-ring (bicyclic) bond motifs is 1. The Labute approximate surface area is 157 Å². The van der Waals surface area contributed by atoms with Gasteiger partial charge in [-0.25, -0.2) is 4.98 Å². The Balaban J connectivity index is 1.59. The van der Waals surface area contributed by atoms with Crippen LogP contribution in [0.5, 0.6) is 0 Å². The van der Waals surface area contributed by atoms with Gasteiger partial charge in [-0.15, -0.1) is 0 Å². The van der Waals surface area contributed by atoms with Gasteiger partial charge in [-0.2, -0.15) is 0 Å². The Bertz CT molecular complexity index is 1030. The maximum atomic E-state index is 12.7. The fourth-order valence-electron chi connectivity index (χ4n) is 2.77. The summed E-state index contributed by atoms with van der Waals surface area (Å²) in [4.78, 5) is 29.4. The average molecular weight is 415 g/mol. The van der Waals surface area contributed by atoms with Gasteiger partial charge in [0.05, 0.1) is 22.2 Å². The molecule has 0 saturated heterocycles. The lowest BCUT2D eigenvalue weighted by atomic mass is 10.1. The van der Waals surface area contributed by atoms with Crippen LogP contribution >= 0.6 is 15.9 Å². The Hall–Kier alpha value is -2.74. The van der Waals surface area contributed by atoms with E-state index in [0.29, 0.717) is 38.3 Å². The molecule has 1 aromatic carbocycles. The summed E-state index contributed by atoms with van der Waals surface area (Å²) < 4.78 is 5.88. The molecule has 0 unspecified atom stereocenters. The van der Waals surface area contributed by atoms with Crippen molar-refractivity contribution >= 4 is 38.8 Å². The number of amides is 2. The zero-order chi connectivity index (χ0) is 18.3. The van der Waals surface area contributed by atoms with E-state index in [4.69, 9.17) is 4.52 Å². The zero-order valence-electron chi connectivity index (χ0n) is 13.9. The van der Waals surface area contributed by atoms with E-state index in [9.17, 15) is 9.59 Å². The van der Waals surface area contributed by atoms with Gasteiger partial charge < -0.3 is 4.52 Å². The molecule has 3 aromatic rings. The number of hydrogen-bond acceptors (Lipinski definition) is 5. The van der Waals surface area contributed by atoms with Crippen molar-refractivity contribution in [2.45, 2.75) is 25.7 Å². The summed E-state index contributed by atoms with van der Waals surface area (Å²) in [6.07, 6.45) is 2.09. The number of nitrogens with one attached hydrogen (secondary N) is 2. The highest BCUT2D eigenvalue weighted by atomic mass is 79.9. The number of aryl methyl sites for hydroxylation is 1. The van der Waals surface area contributed by atoms with Gasteiger partial charge in [-0.3, -0.25) is 20.4 Å². The topological polar surface area (TPSA) is 97.1 Å². The number of rotatable bonds is 3. The minimum Gasteiger partial charge on any atom is -0.336 e. The molecular formula is C18H15BrN4O3. The molecule has 2 amide bonds. The molecule has 0 bridgehead atoms. The molecule has 2 aromatic heterocycles. The number of pyridine rings is 1. The first-order chi connectivity index (χ1) is 12.5. The minimum absolute atomic E-state index is 0.342. The molecule has 4 rings (SSSR count). The van der Waals surface area contributed by atoms with Crippen LogP contribution in [0, 0.1) is 6.92 Å². The molecule has 0 spiro atoms. The molecule has 132 valence electrons. The first-order valence-corrected chi connectivity index (χ1v) is 8.96. The van der Waals surface area contributed by atoms with Crippen molar-refractivity contribution in [1.82, 2.24) is 21.0 Å². The normalized spacial score (nSPS) is 13.6. The Morgan fingerprint density at radius 3 is 2.54 bits per heavy atom. The van der Waals surface area contributed by atoms with Gasteiger partial charge in [-0.1, -0.05) is 17.3 Å². The predicted octanol–water partition coefficient (Wildman–Crippen LogP) is 3.25. The molecule has 8 heteroatoms. The molecule has 26 heavy (non-hydrogen) atoms. The van der Waals surface area contributed by atoms with Crippen LogP contribution in [0.3, 0.4) is 0 Å². The first kappa shape index (κ1) is 16.7. The molecule has 1 fully saturated rings. The monoisotopic (exact) mass is 414 g/mol. The second-order valence-electron chi connectivity index (χ2n) is 6.21. The van der Waals surface area contributed by atoms with E-state index in [0.717, 1.165) is 18.5 Å². The van der Waals surface area contributed by atoms with Gasteiger partial charge in [0.2, 0.25) is 0 Å². The number of benzene rings is 1. The number of aromatic nitrogens is 2. The maximum absolute atomic E-state index is 12.7. The highest BCUT2D eigenvalue weighted by Gasteiger charge is 2.28. The van der Waals surface area contributed by atoms with Gasteiger partial charge in [0.25, 0.3) is 17.5 Å². The van der Waals surface area contributed by atoms with Crippen molar-refractivity contribution in [3.63, 3.8) is 0 Å². The molecule has 1 saturated carbocycles. The standard InChI is InChI=1S/C18H15BrN4O3/c1-9-15-12(8-14(10-6-7-10)20-18(15)26-23-9)17(25)22-21-16(24)11-4-2-3-5-13(11)19/h2-5,8,10H,6-7H2,1H3,(H,21,24)(H,22,25). The zero-order valence-corrected chi connectivity index (χ0v) is 15.5. The van der Waals surface area contributed by atoms with E-state index >= 15 is 0 Å². The lowest BCUT2D eigenvalue weighted by Gasteiger charge is -2.10. The Morgan fingerprint density at radius 2 is 1.85 bits per heavy atom. The van der Waals surface area contributed by atoms with E-state index in [2.05, 4.69) is 36.9 Å². The molecule has 1 aliphatic carbocycles. The first-order valence-electron chi connectivity index (χ1n) is 8.16. The molecule has 0 atom stereocenters. The van der Waals surface area contributed by atoms with Crippen LogP contribution in [-0.4, -0.2) is 22.0 Å². The SMILES string of the molecule is Cc1noc2nc(C3CC3)cc(C(=O)NNC(=O)c3ccccc3Br)c12. The summed E-state index contributed by atoms with van der Waals surface area (Å²) in [7, 11) is 0. The third-order valence-corrected chi connectivity index (χ3v) is 4.98. The van der Waals surface area contributed by atoms with Crippen LogP contribution in [0.2, 0.25) is 0 Å². The molecular weight excluding hydrogens is 400 g/mol. The predicted molar refractivity (Wildman–Crippen MR) is 97.6 cm³/mol. The van der Waals surface area contributed by atoms with Gasteiger partial charge in [0, 0.05) is 16.1 Å². The van der Waals surface area contributed by atoms with Crippen molar-refractivity contribution < 1.29 is 14.1 Å². The lowest BCUT2D eigenvalue weighted by molar-refractivity contribution is 0.0847. The molecule has 2 heterocycles. The van der Waals surface area contributed by atoms with Crippen LogP contribution < -0.4 is 10.9 Å². The van der Waals surface area contributed by atoms with Gasteiger partial charge in [0.1, 0.15) is 0 Å². The minimum atomic E-state index is -0.439. The summed E-state index contributed by atoms with van der Waals surface area (Å²) in [5, 5.41) is 4.46. The van der Waals surface area contributed by atoms with Gasteiger partial charge >= 0.3 is 0 Å². The third-order valence-electron chi connectivity index (χ3n) is 4.29. The summed E-state index contributed by atoms with van der Waals surface area (Å²) in [6, 6.07) is 8.72. The Kier molecular flexibility index (Phi) is 4.20. The fraction of sp³-hybridized carbons (Fsp3) is 0.222. The fourth-order valence-corrected chi connectivity index (χ4v) is 3.24. The van der Waals surface area contributed by atoms with Crippen LogP contribution in [0.15, 0.2) is 39.3 Å². The highest BCUT2D eigenvalue weighted by molar-refractivity contribution is 9.10. The van der Waals surface area contributed by atoms with E-state index < -0.39 is 11.8 Å². The highest BCUT2D eigenvalue weighted by Crippen LogP contribution is 2.40. The smallest absolute Gasteiger partial charge is 0.270 e. The summed E-state index contributed by atoms with van der Waals surface area (Å²) in [6.45, 7) is 1.75. The quantitative estimate of drug-likeness (QED) is 0.641. The second-order valence-corrected chi connectivity index (χ2v) is 7.06. The largest absolute Gasteiger partial charge is 0.336 e. The summed E-state index contributed by atoms with van der Waals surface area (Å²) in [5.74, 6) is -0.502.